The van der Waals surface area contributed by atoms with E-state index in [-0.39, 0.29) is 6.10 Å². The number of rotatable bonds is 4. The van der Waals surface area contributed by atoms with Gasteiger partial charge in [0.2, 0.25) is 0 Å². The molecule has 3 nitrogen and oxygen atoms in total. The molecule has 14 heavy (non-hydrogen) atoms. The molecule has 0 radical (unpaired) electrons. The second kappa shape index (κ2) is 5.10. The van der Waals surface area contributed by atoms with Gasteiger partial charge in [-0.05, 0) is 51.1 Å². The third-order valence-electron chi connectivity index (χ3n) is 3.50. The molecular weight excluding hydrogens is 176 g/mol. The Hall–Kier alpha value is -0.120. The van der Waals surface area contributed by atoms with Gasteiger partial charge in [-0.3, -0.25) is 0 Å². The Morgan fingerprint density at radius 3 is 2.79 bits per heavy atom. The number of nitrogens with one attached hydrogen (secondary N) is 2. The summed E-state index contributed by atoms with van der Waals surface area (Å²) >= 11 is 0. The molecule has 2 rings (SSSR count). The van der Waals surface area contributed by atoms with Crippen molar-refractivity contribution in [3.8, 4) is 0 Å². The summed E-state index contributed by atoms with van der Waals surface area (Å²) in [5.41, 5.74) is 0. The predicted octanol–water partition coefficient (Wildman–Crippen LogP) is 0.489. The predicted molar refractivity (Wildman–Crippen MR) is 57.2 cm³/mol. The van der Waals surface area contributed by atoms with Crippen LogP contribution in [0.1, 0.15) is 32.1 Å². The van der Waals surface area contributed by atoms with Crippen LogP contribution in [-0.4, -0.2) is 36.9 Å². The molecule has 3 N–H and O–H groups in total. The zero-order valence-electron chi connectivity index (χ0n) is 8.84. The summed E-state index contributed by atoms with van der Waals surface area (Å²) < 4.78 is 0. The lowest BCUT2D eigenvalue weighted by atomic mass is 10.1. The molecule has 1 aliphatic carbocycles. The summed E-state index contributed by atoms with van der Waals surface area (Å²) in [5.74, 6) is 0.714. The van der Waals surface area contributed by atoms with Gasteiger partial charge in [0, 0.05) is 12.6 Å². The van der Waals surface area contributed by atoms with Gasteiger partial charge in [-0.25, -0.2) is 0 Å². The van der Waals surface area contributed by atoms with Crippen molar-refractivity contribution < 1.29 is 5.11 Å². The fourth-order valence-electron chi connectivity index (χ4n) is 2.63. The molecule has 0 bridgehead atoms. The summed E-state index contributed by atoms with van der Waals surface area (Å²) in [7, 11) is 0. The highest BCUT2D eigenvalue weighted by Gasteiger charge is 2.22. The lowest BCUT2D eigenvalue weighted by Gasteiger charge is -2.14. The molecule has 82 valence electrons. The largest absolute Gasteiger partial charge is 0.393 e. The third kappa shape index (κ3) is 2.94. The van der Waals surface area contributed by atoms with Crippen molar-refractivity contribution in [3.63, 3.8) is 0 Å². The van der Waals surface area contributed by atoms with E-state index in [4.69, 9.17) is 0 Å². The average Bonchev–Trinajstić information content (AvgIpc) is 2.77. The second-order valence-corrected chi connectivity index (χ2v) is 4.78. The molecule has 0 spiro atoms. The normalized spacial score (nSPS) is 37.9. The monoisotopic (exact) mass is 198 g/mol. The SMILES string of the molecule is OC1CCC(CNCC2CCCN2)C1. The molecule has 0 aromatic rings. The molecule has 0 amide bonds. The molecule has 1 saturated heterocycles. The van der Waals surface area contributed by atoms with Crippen molar-refractivity contribution in [2.24, 2.45) is 5.92 Å². The Bertz CT molecular complexity index is 169. The van der Waals surface area contributed by atoms with Crippen LogP contribution in [0.15, 0.2) is 0 Å². The summed E-state index contributed by atoms with van der Waals surface area (Å²) in [6.45, 7) is 3.39. The lowest BCUT2D eigenvalue weighted by Crippen LogP contribution is -2.35. The lowest BCUT2D eigenvalue weighted by molar-refractivity contribution is 0.177. The van der Waals surface area contributed by atoms with Gasteiger partial charge in [-0.2, -0.15) is 0 Å². The zero-order valence-corrected chi connectivity index (χ0v) is 8.84. The van der Waals surface area contributed by atoms with Crippen LogP contribution in [0.4, 0.5) is 0 Å². The van der Waals surface area contributed by atoms with Crippen molar-refractivity contribution >= 4 is 0 Å². The molecule has 1 saturated carbocycles. The maximum absolute atomic E-state index is 9.37. The zero-order chi connectivity index (χ0) is 9.80. The minimum atomic E-state index is -0.0218. The van der Waals surface area contributed by atoms with Gasteiger partial charge < -0.3 is 15.7 Å². The molecule has 1 heterocycles. The van der Waals surface area contributed by atoms with Crippen molar-refractivity contribution in [3.05, 3.63) is 0 Å². The van der Waals surface area contributed by atoms with Gasteiger partial charge >= 0.3 is 0 Å². The molecule has 3 unspecified atom stereocenters. The second-order valence-electron chi connectivity index (χ2n) is 4.78. The highest BCUT2D eigenvalue weighted by molar-refractivity contribution is 4.79. The van der Waals surface area contributed by atoms with Crippen LogP contribution >= 0.6 is 0 Å². The van der Waals surface area contributed by atoms with Crippen LogP contribution in [0.2, 0.25) is 0 Å². The molecule has 2 fully saturated rings. The smallest absolute Gasteiger partial charge is 0.0543 e. The van der Waals surface area contributed by atoms with Gasteiger partial charge in [0.05, 0.1) is 6.10 Å². The number of hydrogen-bond donors (Lipinski definition) is 3. The minimum absolute atomic E-state index is 0.0218. The molecule has 3 heteroatoms. The quantitative estimate of drug-likeness (QED) is 0.616. The molecule has 0 aromatic heterocycles. The molecule has 3 atom stereocenters. The molecule has 0 aromatic carbocycles. The first-order valence-electron chi connectivity index (χ1n) is 5.97. The van der Waals surface area contributed by atoms with E-state index >= 15 is 0 Å². The van der Waals surface area contributed by atoms with E-state index in [1.807, 2.05) is 0 Å². The van der Waals surface area contributed by atoms with Gasteiger partial charge in [0.1, 0.15) is 0 Å². The van der Waals surface area contributed by atoms with Crippen molar-refractivity contribution in [1.29, 1.82) is 0 Å². The average molecular weight is 198 g/mol. The van der Waals surface area contributed by atoms with Crippen LogP contribution in [0, 0.1) is 5.92 Å². The number of aliphatic hydroxyl groups is 1. The standard InChI is InChI=1S/C11H22N2O/c14-11-4-3-9(6-11)7-12-8-10-2-1-5-13-10/h9-14H,1-8H2. The van der Waals surface area contributed by atoms with Gasteiger partial charge in [-0.1, -0.05) is 0 Å². The maximum atomic E-state index is 9.37. The van der Waals surface area contributed by atoms with Crippen LogP contribution in [0.25, 0.3) is 0 Å². The Morgan fingerprint density at radius 1 is 1.21 bits per heavy atom. The van der Waals surface area contributed by atoms with Crippen LogP contribution in [-0.2, 0) is 0 Å². The van der Waals surface area contributed by atoms with Crippen molar-refractivity contribution in [1.82, 2.24) is 10.6 Å². The Balaban J connectivity index is 1.54. The summed E-state index contributed by atoms with van der Waals surface area (Å²) in [6, 6.07) is 0.696. The van der Waals surface area contributed by atoms with E-state index in [1.165, 1.54) is 25.8 Å². The highest BCUT2D eigenvalue weighted by atomic mass is 16.3. The Labute approximate surface area is 86.3 Å². The Morgan fingerprint density at radius 2 is 2.14 bits per heavy atom. The van der Waals surface area contributed by atoms with E-state index < -0.39 is 0 Å². The topological polar surface area (TPSA) is 44.3 Å². The fraction of sp³-hybridized carbons (Fsp3) is 1.00. The van der Waals surface area contributed by atoms with E-state index in [0.717, 1.165) is 25.9 Å². The third-order valence-corrected chi connectivity index (χ3v) is 3.50. The molecule has 2 aliphatic rings. The van der Waals surface area contributed by atoms with E-state index in [0.29, 0.717) is 12.0 Å². The number of hydrogen-bond acceptors (Lipinski definition) is 3. The molecule has 1 aliphatic heterocycles. The van der Waals surface area contributed by atoms with Gasteiger partial charge in [-0.15, -0.1) is 0 Å². The summed E-state index contributed by atoms with van der Waals surface area (Å²) in [4.78, 5) is 0. The summed E-state index contributed by atoms with van der Waals surface area (Å²) in [5, 5.41) is 16.4. The van der Waals surface area contributed by atoms with Gasteiger partial charge in [0.25, 0.3) is 0 Å². The fourth-order valence-corrected chi connectivity index (χ4v) is 2.63. The minimum Gasteiger partial charge on any atom is -0.393 e. The van der Waals surface area contributed by atoms with Crippen molar-refractivity contribution in [2.75, 3.05) is 19.6 Å². The van der Waals surface area contributed by atoms with Gasteiger partial charge in [0.15, 0.2) is 0 Å². The van der Waals surface area contributed by atoms with E-state index in [9.17, 15) is 5.11 Å². The maximum Gasteiger partial charge on any atom is 0.0543 e. The van der Waals surface area contributed by atoms with Crippen molar-refractivity contribution in [2.45, 2.75) is 44.2 Å². The van der Waals surface area contributed by atoms with E-state index in [1.54, 1.807) is 0 Å². The summed E-state index contributed by atoms with van der Waals surface area (Å²) in [6.07, 6.45) is 5.84. The van der Waals surface area contributed by atoms with Crippen LogP contribution < -0.4 is 10.6 Å². The van der Waals surface area contributed by atoms with Crippen LogP contribution in [0.5, 0.6) is 0 Å². The van der Waals surface area contributed by atoms with Crippen LogP contribution in [0.3, 0.4) is 0 Å². The highest BCUT2D eigenvalue weighted by Crippen LogP contribution is 2.24. The first-order chi connectivity index (χ1) is 6.84. The number of aliphatic hydroxyl groups excluding tert-OH is 1. The van der Waals surface area contributed by atoms with E-state index in [2.05, 4.69) is 10.6 Å². The molecular formula is C11H22N2O. The first kappa shape index (κ1) is 10.4. The first-order valence-corrected chi connectivity index (χ1v) is 5.97. The Kier molecular flexibility index (Phi) is 3.79.